The van der Waals surface area contributed by atoms with E-state index in [1.807, 2.05) is 45.0 Å². The van der Waals surface area contributed by atoms with Crippen LogP contribution in [-0.2, 0) is 26.2 Å². The molecule has 2 amide bonds. The van der Waals surface area contributed by atoms with Crippen LogP contribution in [0.3, 0.4) is 0 Å². The Morgan fingerprint density at radius 3 is 2.27 bits per heavy atom. The molecule has 0 aliphatic rings. The monoisotopic (exact) mass is 585 g/mol. The Labute approximate surface area is 241 Å². The zero-order chi connectivity index (χ0) is 29.4. The summed E-state index contributed by atoms with van der Waals surface area (Å²) in [6, 6.07) is 18.9. The molecule has 40 heavy (non-hydrogen) atoms. The van der Waals surface area contributed by atoms with Gasteiger partial charge in [0.2, 0.25) is 11.8 Å². The van der Waals surface area contributed by atoms with Gasteiger partial charge in [-0.15, -0.1) is 0 Å². The molecule has 0 radical (unpaired) electrons. The molecule has 0 aromatic heterocycles. The molecule has 3 rings (SSSR count). The van der Waals surface area contributed by atoms with E-state index in [0.29, 0.717) is 10.8 Å². The number of methoxy groups -OCH3 is 1. The highest BCUT2D eigenvalue weighted by Crippen LogP contribution is 2.28. The van der Waals surface area contributed by atoms with Crippen molar-refractivity contribution in [3.63, 3.8) is 0 Å². The van der Waals surface area contributed by atoms with Crippen LogP contribution in [0.5, 0.6) is 5.75 Å². The van der Waals surface area contributed by atoms with Gasteiger partial charge in [0.1, 0.15) is 18.3 Å². The van der Waals surface area contributed by atoms with Crippen molar-refractivity contribution in [2.75, 3.05) is 18.0 Å². The lowest BCUT2D eigenvalue weighted by atomic mass is 10.1. The molecule has 2 unspecified atom stereocenters. The summed E-state index contributed by atoms with van der Waals surface area (Å²) in [5.41, 5.74) is 2.05. The number of nitrogens with one attached hydrogen (secondary N) is 1. The number of benzene rings is 3. The highest BCUT2D eigenvalue weighted by molar-refractivity contribution is 7.92. The number of amides is 2. The molecule has 0 aliphatic heterocycles. The average Bonchev–Trinajstić information content (AvgIpc) is 2.93. The Morgan fingerprint density at radius 1 is 1.00 bits per heavy atom. The fourth-order valence-corrected chi connectivity index (χ4v) is 5.68. The molecular weight excluding hydrogens is 550 g/mol. The predicted octanol–water partition coefficient (Wildman–Crippen LogP) is 5.18. The van der Waals surface area contributed by atoms with Gasteiger partial charge in [-0.1, -0.05) is 54.4 Å². The van der Waals surface area contributed by atoms with Crippen LogP contribution in [0.15, 0.2) is 77.7 Å². The summed E-state index contributed by atoms with van der Waals surface area (Å²) in [5.74, 6) is -0.358. The molecule has 10 heteroatoms. The maximum atomic E-state index is 14.0. The quantitative estimate of drug-likeness (QED) is 0.316. The van der Waals surface area contributed by atoms with Gasteiger partial charge in [-0.05, 0) is 75.2 Å². The van der Waals surface area contributed by atoms with Crippen LogP contribution in [0.1, 0.15) is 38.3 Å². The molecule has 0 saturated heterocycles. The summed E-state index contributed by atoms with van der Waals surface area (Å²) in [7, 11) is -2.71. The van der Waals surface area contributed by atoms with Crippen LogP contribution in [0.2, 0.25) is 5.02 Å². The minimum atomic E-state index is -4.20. The number of nitrogens with zero attached hydrogens (tertiary/aromatic N) is 2. The molecule has 8 nitrogen and oxygen atoms in total. The van der Waals surface area contributed by atoms with Crippen molar-refractivity contribution in [3.8, 4) is 5.75 Å². The maximum absolute atomic E-state index is 14.0. The molecule has 0 heterocycles. The van der Waals surface area contributed by atoms with E-state index in [2.05, 4.69) is 5.32 Å². The van der Waals surface area contributed by atoms with Crippen LogP contribution >= 0.6 is 11.6 Å². The van der Waals surface area contributed by atoms with Crippen LogP contribution in [-0.4, -0.2) is 50.9 Å². The summed E-state index contributed by atoms with van der Waals surface area (Å²) in [5, 5.41) is 3.24. The predicted molar refractivity (Wildman–Crippen MR) is 158 cm³/mol. The topological polar surface area (TPSA) is 96.0 Å². The molecule has 3 aromatic carbocycles. The third-order valence-electron chi connectivity index (χ3n) is 6.63. The standard InChI is InChI=1S/C30H36ClN3O5S/c1-6-22(3)32-30(36)23(4)33(19-24-10-7-9-21(2)17-24)29(35)20-34(26-12-8-11-25(31)18-26)40(37,38)28-15-13-27(39-5)14-16-28/h7-18,22-23H,6,19-20H2,1-5H3,(H,32,36). The Balaban J connectivity index is 2.03. The van der Waals surface area contributed by atoms with Crippen molar-refractivity contribution < 1.29 is 22.7 Å². The van der Waals surface area contributed by atoms with Gasteiger partial charge in [-0.3, -0.25) is 13.9 Å². The second-order valence-corrected chi connectivity index (χ2v) is 12.0. The first kappa shape index (κ1) is 31.0. The zero-order valence-electron chi connectivity index (χ0n) is 23.4. The van der Waals surface area contributed by atoms with Gasteiger partial charge in [0, 0.05) is 17.6 Å². The third kappa shape index (κ3) is 7.76. The first-order chi connectivity index (χ1) is 19.0. The van der Waals surface area contributed by atoms with Crippen molar-refractivity contribution in [1.29, 1.82) is 0 Å². The first-order valence-electron chi connectivity index (χ1n) is 13.0. The second-order valence-electron chi connectivity index (χ2n) is 9.67. The molecule has 0 spiro atoms. The first-order valence-corrected chi connectivity index (χ1v) is 14.9. The van der Waals surface area contributed by atoms with Crippen molar-refractivity contribution in [1.82, 2.24) is 10.2 Å². The van der Waals surface area contributed by atoms with Crippen molar-refractivity contribution in [2.24, 2.45) is 0 Å². The smallest absolute Gasteiger partial charge is 0.264 e. The molecule has 214 valence electrons. The van der Waals surface area contributed by atoms with Crippen LogP contribution in [0.4, 0.5) is 5.69 Å². The summed E-state index contributed by atoms with van der Waals surface area (Å²) in [6.45, 7) is 7.02. The van der Waals surface area contributed by atoms with Gasteiger partial charge in [0.25, 0.3) is 10.0 Å². The van der Waals surface area contributed by atoms with Crippen LogP contribution in [0.25, 0.3) is 0 Å². The number of hydrogen-bond acceptors (Lipinski definition) is 5. The zero-order valence-corrected chi connectivity index (χ0v) is 25.0. The van der Waals surface area contributed by atoms with Gasteiger partial charge in [0.15, 0.2) is 0 Å². The Morgan fingerprint density at radius 2 is 1.68 bits per heavy atom. The van der Waals surface area contributed by atoms with Gasteiger partial charge in [0.05, 0.1) is 17.7 Å². The van der Waals surface area contributed by atoms with E-state index in [4.69, 9.17) is 16.3 Å². The van der Waals surface area contributed by atoms with Crippen LogP contribution < -0.4 is 14.4 Å². The highest BCUT2D eigenvalue weighted by atomic mass is 35.5. The normalized spacial score (nSPS) is 12.8. The number of carbonyl (C=O) groups is 2. The van der Waals surface area contributed by atoms with E-state index in [-0.39, 0.29) is 29.1 Å². The number of rotatable bonds is 12. The fraction of sp³-hybridized carbons (Fsp3) is 0.333. The fourth-order valence-electron chi connectivity index (χ4n) is 4.09. The van der Waals surface area contributed by atoms with Crippen molar-refractivity contribution >= 4 is 39.1 Å². The highest BCUT2D eigenvalue weighted by Gasteiger charge is 2.33. The molecule has 0 saturated carbocycles. The van der Waals surface area contributed by atoms with E-state index in [1.165, 1.54) is 42.3 Å². The largest absolute Gasteiger partial charge is 0.497 e. The van der Waals surface area contributed by atoms with E-state index >= 15 is 0 Å². The summed E-state index contributed by atoms with van der Waals surface area (Å²) in [6.07, 6.45) is 0.729. The van der Waals surface area contributed by atoms with Crippen LogP contribution in [0, 0.1) is 6.92 Å². The molecular formula is C30H36ClN3O5S. The third-order valence-corrected chi connectivity index (χ3v) is 8.65. The molecule has 0 bridgehead atoms. The second kappa shape index (κ2) is 13.7. The lowest BCUT2D eigenvalue weighted by Crippen LogP contribution is -2.52. The Bertz CT molecular complexity index is 1430. The van der Waals surface area contributed by atoms with Gasteiger partial charge < -0.3 is 15.0 Å². The minimum absolute atomic E-state index is 0.0196. The van der Waals surface area contributed by atoms with Gasteiger partial charge in [-0.25, -0.2) is 8.42 Å². The Hall–Kier alpha value is -3.56. The van der Waals surface area contributed by atoms with Crippen molar-refractivity contribution in [3.05, 3.63) is 88.9 Å². The number of ether oxygens (including phenoxy) is 1. The van der Waals surface area contributed by atoms with E-state index in [0.717, 1.165) is 21.9 Å². The lowest BCUT2D eigenvalue weighted by Gasteiger charge is -2.32. The summed E-state index contributed by atoms with van der Waals surface area (Å²) < 4.78 is 34.0. The number of aryl methyl sites for hydroxylation is 1. The van der Waals surface area contributed by atoms with E-state index < -0.39 is 28.5 Å². The van der Waals surface area contributed by atoms with Crippen molar-refractivity contribution in [2.45, 2.75) is 57.6 Å². The number of anilines is 1. The average molecular weight is 586 g/mol. The summed E-state index contributed by atoms with van der Waals surface area (Å²) in [4.78, 5) is 28.5. The van der Waals surface area contributed by atoms with Gasteiger partial charge in [-0.2, -0.15) is 0 Å². The summed E-state index contributed by atoms with van der Waals surface area (Å²) >= 11 is 6.21. The minimum Gasteiger partial charge on any atom is -0.497 e. The SMILES string of the molecule is CCC(C)NC(=O)C(C)N(Cc1cccc(C)c1)C(=O)CN(c1cccc(Cl)c1)S(=O)(=O)c1ccc(OC)cc1. The number of carbonyl (C=O) groups excluding carboxylic acids is 2. The molecule has 0 fully saturated rings. The van der Waals surface area contributed by atoms with E-state index in [1.54, 1.807) is 25.1 Å². The number of sulfonamides is 1. The lowest BCUT2D eigenvalue weighted by molar-refractivity contribution is -0.139. The van der Waals surface area contributed by atoms with E-state index in [9.17, 15) is 18.0 Å². The maximum Gasteiger partial charge on any atom is 0.264 e. The molecule has 2 atom stereocenters. The number of halogens is 1. The number of hydrogen-bond donors (Lipinski definition) is 1. The molecule has 3 aromatic rings. The molecule has 1 N–H and O–H groups in total. The Kier molecular flexibility index (Phi) is 10.6. The molecule has 0 aliphatic carbocycles. The van der Waals surface area contributed by atoms with Gasteiger partial charge >= 0.3 is 0 Å².